The van der Waals surface area contributed by atoms with Crippen LogP contribution in [0.1, 0.15) is 19.2 Å². The fraction of sp³-hybridized carbons (Fsp3) is 0.364. The minimum absolute atomic E-state index is 0.807. The largest absolute Gasteiger partial charge is 0.373 e. The summed E-state index contributed by atoms with van der Waals surface area (Å²) in [6.45, 7) is 2.14. The fourth-order valence-electron chi connectivity index (χ4n) is 1.57. The van der Waals surface area contributed by atoms with E-state index in [2.05, 4.69) is 27.2 Å². The van der Waals surface area contributed by atoms with E-state index in [0.29, 0.717) is 0 Å². The first kappa shape index (κ1) is 10.6. The molecule has 0 saturated carbocycles. The summed E-state index contributed by atoms with van der Waals surface area (Å²) in [6, 6.07) is 1.90. The number of imidazole rings is 1. The molecule has 0 aromatic carbocycles. The lowest BCUT2D eigenvalue weighted by Gasteiger charge is -2.07. The Balaban J connectivity index is 2.37. The summed E-state index contributed by atoms with van der Waals surface area (Å²) in [4.78, 5) is 12.7. The van der Waals surface area contributed by atoms with E-state index < -0.39 is 0 Å². The van der Waals surface area contributed by atoms with E-state index in [4.69, 9.17) is 0 Å². The van der Waals surface area contributed by atoms with Gasteiger partial charge < -0.3 is 5.32 Å². The summed E-state index contributed by atoms with van der Waals surface area (Å²) in [5.74, 6) is 2.68. The van der Waals surface area contributed by atoms with Crippen molar-refractivity contribution in [1.29, 1.82) is 0 Å². The molecule has 84 valence electrons. The normalized spacial score (nSPS) is 10.4. The van der Waals surface area contributed by atoms with Crippen molar-refractivity contribution in [3.63, 3.8) is 0 Å². The maximum Gasteiger partial charge on any atom is 0.143 e. The zero-order chi connectivity index (χ0) is 11.4. The SMILES string of the molecule is CCCc1nccn1-c1cc(NC)ncn1. The van der Waals surface area contributed by atoms with E-state index in [9.17, 15) is 0 Å². The third kappa shape index (κ3) is 2.03. The Bertz CT molecular complexity index is 463. The predicted octanol–water partition coefficient (Wildman–Crippen LogP) is 1.66. The zero-order valence-electron chi connectivity index (χ0n) is 9.51. The van der Waals surface area contributed by atoms with Crippen molar-refractivity contribution < 1.29 is 0 Å². The molecule has 2 aromatic heterocycles. The molecular formula is C11H15N5. The number of hydrogen-bond acceptors (Lipinski definition) is 4. The molecule has 0 amide bonds. The van der Waals surface area contributed by atoms with E-state index in [1.807, 2.05) is 23.9 Å². The number of nitrogens with one attached hydrogen (secondary N) is 1. The number of nitrogens with zero attached hydrogens (tertiary/aromatic N) is 4. The van der Waals surface area contributed by atoms with Crippen molar-refractivity contribution in [1.82, 2.24) is 19.5 Å². The average molecular weight is 217 g/mol. The lowest BCUT2D eigenvalue weighted by atomic mass is 10.3. The molecule has 0 spiro atoms. The lowest BCUT2D eigenvalue weighted by Crippen LogP contribution is -2.04. The smallest absolute Gasteiger partial charge is 0.143 e. The van der Waals surface area contributed by atoms with E-state index in [-0.39, 0.29) is 0 Å². The average Bonchev–Trinajstić information content (AvgIpc) is 2.78. The molecule has 5 heteroatoms. The first-order chi connectivity index (χ1) is 7.85. The van der Waals surface area contributed by atoms with E-state index >= 15 is 0 Å². The van der Waals surface area contributed by atoms with Gasteiger partial charge in [0.2, 0.25) is 0 Å². The number of rotatable bonds is 4. The number of aromatic nitrogens is 4. The van der Waals surface area contributed by atoms with Gasteiger partial charge >= 0.3 is 0 Å². The summed E-state index contributed by atoms with van der Waals surface area (Å²) in [5, 5.41) is 3.00. The van der Waals surface area contributed by atoms with Gasteiger partial charge in [0, 0.05) is 31.9 Å². The molecule has 0 aliphatic heterocycles. The van der Waals surface area contributed by atoms with Crippen molar-refractivity contribution in [2.75, 3.05) is 12.4 Å². The highest BCUT2D eigenvalue weighted by Gasteiger charge is 2.05. The van der Waals surface area contributed by atoms with Crippen LogP contribution in [-0.4, -0.2) is 26.6 Å². The van der Waals surface area contributed by atoms with Crippen LogP contribution in [0.3, 0.4) is 0 Å². The van der Waals surface area contributed by atoms with Crippen LogP contribution >= 0.6 is 0 Å². The Morgan fingerprint density at radius 2 is 2.19 bits per heavy atom. The fourth-order valence-corrected chi connectivity index (χ4v) is 1.57. The standard InChI is InChI=1S/C11H15N5/c1-3-4-10-13-5-6-16(10)11-7-9(12-2)14-8-15-11/h5-8H,3-4H2,1-2H3,(H,12,14,15). The monoisotopic (exact) mass is 217 g/mol. The van der Waals surface area contributed by atoms with Gasteiger partial charge in [-0.05, 0) is 6.42 Å². The Morgan fingerprint density at radius 1 is 1.31 bits per heavy atom. The zero-order valence-corrected chi connectivity index (χ0v) is 9.51. The third-order valence-electron chi connectivity index (χ3n) is 2.35. The molecule has 1 N–H and O–H groups in total. The van der Waals surface area contributed by atoms with Crippen molar-refractivity contribution in [2.45, 2.75) is 19.8 Å². The minimum atomic E-state index is 0.807. The maximum atomic E-state index is 4.32. The van der Waals surface area contributed by atoms with Gasteiger partial charge in [-0.2, -0.15) is 0 Å². The molecule has 0 fully saturated rings. The van der Waals surface area contributed by atoms with Crippen molar-refractivity contribution in [2.24, 2.45) is 0 Å². The summed E-state index contributed by atoms with van der Waals surface area (Å²) in [7, 11) is 1.84. The van der Waals surface area contributed by atoms with Crippen molar-refractivity contribution >= 4 is 5.82 Å². The lowest BCUT2D eigenvalue weighted by molar-refractivity contribution is 0.796. The van der Waals surface area contributed by atoms with Crippen LogP contribution in [0.25, 0.3) is 5.82 Å². The van der Waals surface area contributed by atoms with E-state index in [1.165, 1.54) is 0 Å². The summed E-state index contributed by atoms with van der Waals surface area (Å²) >= 11 is 0. The molecule has 2 rings (SSSR count). The third-order valence-corrected chi connectivity index (χ3v) is 2.35. The summed E-state index contributed by atoms with van der Waals surface area (Å²) < 4.78 is 1.99. The van der Waals surface area contributed by atoms with Gasteiger partial charge in [-0.3, -0.25) is 4.57 Å². The molecule has 16 heavy (non-hydrogen) atoms. The highest BCUT2D eigenvalue weighted by atomic mass is 15.1. The first-order valence-electron chi connectivity index (χ1n) is 5.37. The van der Waals surface area contributed by atoms with Crippen LogP contribution in [0, 0.1) is 0 Å². The Morgan fingerprint density at radius 3 is 2.94 bits per heavy atom. The highest BCUT2D eigenvalue weighted by molar-refractivity contribution is 5.40. The highest BCUT2D eigenvalue weighted by Crippen LogP contribution is 2.11. The molecule has 5 nitrogen and oxygen atoms in total. The first-order valence-corrected chi connectivity index (χ1v) is 5.37. The second kappa shape index (κ2) is 4.74. The molecule has 0 aliphatic carbocycles. The molecular weight excluding hydrogens is 202 g/mol. The van der Waals surface area contributed by atoms with Crippen molar-refractivity contribution in [3.8, 4) is 5.82 Å². The van der Waals surface area contributed by atoms with Gasteiger partial charge in [0.15, 0.2) is 0 Å². The molecule has 0 aliphatic rings. The quantitative estimate of drug-likeness (QED) is 0.846. The van der Waals surface area contributed by atoms with Gasteiger partial charge in [0.25, 0.3) is 0 Å². The maximum absolute atomic E-state index is 4.32. The van der Waals surface area contributed by atoms with E-state index in [0.717, 1.165) is 30.3 Å². The molecule has 0 saturated heterocycles. The van der Waals surface area contributed by atoms with Crippen LogP contribution < -0.4 is 5.32 Å². The summed E-state index contributed by atoms with van der Waals surface area (Å²) in [5.41, 5.74) is 0. The van der Waals surface area contributed by atoms with Crippen LogP contribution in [0.4, 0.5) is 5.82 Å². The minimum Gasteiger partial charge on any atom is -0.373 e. The molecule has 2 heterocycles. The van der Waals surface area contributed by atoms with Crippen LogP contribution in [-0.2, 0) is 6.42 Å². The number of aryl methyl sites for hydroxylation is 1. The van der Waals surface area contributed by atoms with Gasteiger partial charge in [0.05, 0.1) is 0 Å². The van der Waals surface area contributed by atoms with Gasteiger partial charge in [-0.25, -0.2) is 15.0 Å². The van der Waals surface area contributed by atoms with E-state index in [1.54, 1.807) is 12.5 Å². The molecule has 0 unspecified atom stereocenters. The second-order valence-electron chi connectivity index (χ2n) is 3.47. The molecule has 0 radical (unpaired) electrons. The summed E-state index contributed by atoms with van der Waals surface area (Å²) in [6.07, 6.45) is 7.29. The molecule has 0 atom stereocenters. The predicted molar refractivity (Wildman–Crippen MR) is 62.7 cm³/mol. The Labute approximate surface area is 94.6 Å². The van der Waals surface area contributed by atoms with Crippen LogP contribution in [0.5, 0.6) is 0 Å². The number of anilines is 1. The Hall–Kier alpha value is -1.91. The van der Waals surface area contributed by atoms with Gasteiger partial charge in [0.1, 0.15) is 23.8 Å². The number of hydrogen-bond donors (Lipinski definition) is 1. The molecule has 0 bridgehead atoms. The molecule has 2 aromatic rings. The topological polar surface area (TPSA) is 55.6 Å². The van der Waals surface area contributed by atoms with Crippen LogP contribution in [0.15, 0.2) is 24.8 Å². The van der Waals surface area contributed by atoms with Gasteiger partial charge in [-0.1, -0.05) is 6.92 Å². The Kier molecular flexibility index (Phi) is 3.14. The second-order valence-corrected chi connectivity index (χ2v) is 3.47. The van der Waals surface area contributed by atoms with Gasteiger partial charge in [-0.15, -0.1) is 0 Å². The van der Waals surface area contributed by atoms with Crippen molar-refractivity contribution in [3.05, 3.63) is 30.6 Å². The van der Waals surface area contributed by atoms with Crippen LogP contribution in [0.2, 0.25) is 0 Å².